The second-order valence-electron chi connectivity index (χ2n) is 10.0. The minimum Gasteiger partial charge on any atom is -0.417 e. The highest BCUT2D eigenvalue weighted by molar-refractivity contribution is 6.74. The summed E-state index contributed by atoms with van der Waals surface area (Å²) in [5.74, 6) is 0.407. The molecule has 1 aliphatic heterocycles. The highest BCUT2D eigenvalue weighted by Crippen LogP contribution is 2.36. The topological polar surface area (TPSA) is 62.5 Å². The Bertz CT molecular complexity index is 807. The van der Waals surface area contributed by atoms with E-state index in [0.29, 0.717) is 24.6 Å². The van der Waals surface area contributed by atoms with Crippen molar-refractivity contribution in [1.82, 2.24) is 9.13 Å². The lowest BCUT2D eigenvalue weighted by Crippen LogP contribution is -2.42. The Morgan fingerprint density at radius 3 is 2.45 bits per heavy atom. The summed E-state index contributed by atoms with van der Waals surface area (Å²) >= 11 is 0. The lowest BCUT2D eigenvalue weighted by Gasteiger charge is -2.36. The molecule has 0 amide bonds. The van der Waals surface area contributed by atoms with Crippen LogP contribution in [0.1, 0.15) is 72.1 Å². The van der Waals surface area contributed by atoms with Crippen LogP contribution in [-0.4, -0.2) is 30.2 Å². The molecule has 1 saturated heterocycles. The lowest BCUT2D eigenvalue weighted by molar-refractivity contribution is -0.00847. The van der Waals surface area contributed by atoms with Gasteiger partial charge in [-0.05, 0) is 56.7 Å². The average molecular weight is 425 g/mol. The van der Waals surface area contributed by atoms with Gasteiger partial charge in [-0.2, -0.15) is 0 Å². The molecular formula is C22H40N2O4Si. The first-order chi connectivity index (χ1) is 13.4. The standard InChI is InChI=1S/C22H40N2O4Si/c1-9-18-16(2)14-19(28-18)24-15-17(3)20(25)23(21(24)26)12-10-11-13-27-29(7,8)22(4,5)6/h15-16,18-19H,9-14H2,1-8H3/t16-,18+,19+/m0/s1. The van der Waals surface area contributed by atoms with E-state index in [1.807, 2.05) is 0 Å². The number of hydrogen-bond acceptors (Lipinski definition) is 4. The van der Waals surface area contributed by atoms with Gasteiger partial charge in [-0.25, -0.2) is 4.79 Å². The van der Waals surface area contributed by atoms with Crippen molar-refractivity contribution >= 4 is 8.32 Å². The monoisotopic (exact) mass is 424 g/mol. The molecule has 6 nitrogen and oxygen atoms in total. The average Bonchev–Trinajstić information content (AvgIpc) is 3.00. The third-order valence-electron chi connectivity index (χ3n) is 6.66. The fourth-order valence-electron chi connectivity index (χ4n) is 3.62. The molecule has 0 saturated carbocycles. The molecule has 0 radical (unpaired) electrons. The highest BCUT2D eigenvalue weighted by Gasteiger charge is 2.37. The number of nitrogens with zero attached hydrogens (tertiary/aromatic N) is 2. The lowest BCUT2D eigenvalue weighted by atomic mass is 10.0. The van der Waals surface area contributed by atoms with E-state index in [4.69, 9.17) is 9.16 Å². The minimum absolute atomic E-state index is 0.167. The smallest absolute Gasteiger partial charge is 0.333 e. The van der Waals surface area contributed by atoms with Crippen molar-refractivity contribution in [3.63, 3.8) is 0 Å². The zero-order valence-corrected chi connectivity index (χ0v) is 20.6. The van der Waals surface area contributed by atoms with Gasteiger partial charge in [0, 0.05) is 24.9 Å². The van der Waals surface area contributed by atoms with Gasteiger partial charge < -0.3 is 9.16 Å². The van der Waals surface area contributed by atoms with Crippen molar-refractivity contribution in [3.8, 4) is 0 Å². The second-order valence-corrected chi connectivity index (χ2v) is 14.8. The molecule has 0 unspecified atom stereocenters. The molecule has 1 aliphatic rings. The largest absolute Gasteiger partial charge is 0.417 e. The maximum Gasteiger partial charge on any atom is 0.333 e. The Labute approximate surface area is 176 Å². The maximum atomic E-state index is 13.0. The van der Waals surface area contributed by atoms with Crippen molar-refractivity contribution in [3.05, 3.63) is 32.6 Å². The Kier molecular flexibility index (Phi) is 7.73. The van der Waals surface area contributed by atoms with Crippen LogP contribution >= 0.6 is 0 Å². The van der Waals surface area contributed by atoms with Gasteiger partial charge in [0.25, 0.3) is 5.56 Å². The molecule has 0 spiro atoms. The van der Waals surface area contributed by atoms with E-state index in [1.165, 1.54) is 4.57 Å². The number of aryl methyl sites for hydroxylation is 1. The molecule has 1 fully saturated rings. The Hall–Kier alpha value is -1.18. The van der Waals surface area contributed by atoms with E-state index in [9.17, 15) is 9.59 Å². The van der Waals surface area contributed by atoms with E-state index >= 15 is 0 Å². The highest BCUT2D eigenvalue weighted by atomic mass is 28.4. The molecule has 1 aromatic heterocycles. The van der Waals surface area contributed by atoms with Gasteiger partial charge in [0.1, 0.15) is 6.23 Å². The number of unbranched alkanes of at least 4 members (excludes halogenated alkanes) is 1. The summed E-state index contributed by atoms with van der Waals surface area (Å²) in [6.45, 7) is 18.3. The van der Waals surface area contributed by atoms with Crippen LogP contribution in [0.25, 0.3) is 0 Å². The molecule has 0 aromatic carbocycles. The molecule has 166 valence electrons. The van der Waals surface area contributed by atoms with E-state index < -0.39 is 8.32 Å². The predicted molar refractivity (Wildman–Crippen MR) is 120 cm³/mol. The van der Waals surface area contributed by atoms with Gasteiger partial charge in [0.2, 0.25) is 0 Å². The summed E-state index contributed by atoms with van der Waals surface area (Å²) in [5, 5.41) is 0.184. The molecule has 1 aromatic rings. The van der Waals surface area contributed by atoms with Gasteiger partial charge in [-0.1, -0.05) is 34.6 Å². The van der Waals surface area contributed by atoms with Gasteiger partial charge >= 0.3 is 5.69 Å². The van der Waals surface area contributed by atoms with Crippen molar-refractivity contribution in [2.45, 2.75) is 104 Å². The van der Waals surface area contributed by atoms with Crippen LogP contribution < -0.4 is 11.2 Å². The number of ether oxygens (including phenoxy) is 1. The third kappa shape index (κ3) is 5.50. The van der Waals surface area contributed by atoms with Crippen LogP contribution in [0.15, 0.2) is 15.8 Å². The predicted octanol–water partition coefficient (Wildman–Crippen LogP) is 4.45. The summed E-state index contributed by atoms with van der Waals surface area (Å²) in [6, 6.07) is 0. The molecule has 0 bridgehead atoms. The van der Waals surface area contributed by atoms with Gasteiger partial charge in [-0.3, -0.25) is 13.9 Å². The summed E-state index contributed by atoms with van der Waals surface area (Å²) in [7, 11) is -1.76. The molecule has 0 aliphatic carbocycles. The fourth-order valence-corrected chi connectivity index (χ4v) is 4.70. The number of aromatic nitrogens is 2. The first kappa shape index (κ1) is 24.1. The van der Waals surface area contributed by atoms with Crippen molar-refractivity contribution in [1.29, 1.82) is 0 Å². The Balaban J connectivity index is 2.05. The van der Waals surface area contributed by atoms with Gasteiger partial charge in [-0.15, -0.1) is 0 Å². The molecule has 3 atom stereocenters. The SMILES string of the molecule is CC[C@H]1O[C@@H](n2cc(C)c(=O)n(CCCCO[Si](C)(C)C(C)(C)C)c2=O)C[C@@H]1C. The molecule has 2 rings (SSSR count). The van der Waals surface area contributed by atoms with E-state index in [-0.39, 0.29) is 28.6 Å². The van der Waals surface area contributed by atoms with Crippen LogP contribution in [-0.2, 0) is 15.7 Å². The first-order valence-corrected chi connectivity index (χ1v) is 13.9. The van der Waals surface area contributed by atoms with Crippen LogP contribution in [0, 0.1) is 12.8 Å². The van der Waals surface area contributed by atoms with Gasteiger partial charge in [0.05, 0.1) is 6.10 Å². The summed E-state index contributed by atoms with van der Waals surface area (Å²) in [4.78, 5) is 25.6. The molecular weight excluding hydrogens is 384 g/mol. The quantitative estimate of drug-likeness (QED) is 0.457. The van der Waals surface area contributed by atoms with Crippen LogP contribution in [0.4, 0.5) is 0 Å². The summed E-state index contributed by atoms with van der Waals surface area (Å²) in [5.41, 5.74) is 0.118. The maximum absolute atomic E-state index is 13.0. The van der Waals surface area contributed by atoms with Crippen molar-refractivity contribution < 1.29 is 9.16 Å². The fraction of sp³-hybridized carbons (Fsp3) is 0.818. The number of hydrogen-bond donors (Lipinski definition) is 0. The molecule has 7 heteroatoms. The van der Waals surface area contributed by atoms with Crippen LogP contribution in [0.5, 0.6) is 0 Å². The van der Waals surface area contributed by atoms with Crippen molar-refractivity contribution in [2.24, 2.45) is 5.92 Å². The Morgan fingerprint density at radius 1 is 1.24 bits per heavy atom. The zero-order chi connectivity index (χ0) is 22.0. The summed E-state index contributed by atoms with van der Waals surface area (Å²) in [6.07, 6.45) is 4.86. The second kappa shape index (κ2) is 9.31. The van der Waals surface area contributed by atoms with Crippen LogP contribution in [0.2, 0.25) is 18.1 Å². The van der Waals surface area contributed by atoms with E-state index in [2.05, 4.69) is 47.7 Å². The molecule has 0 N–H and O–H groups in total. The number of rotatable bonds is 8. The molecule has 2 heterocycles. The Morgan fingerprint density at radius 2 is 1.90 bits per heavy atom. The van der Waals surface area contributed by atoms with Gasteiger partial charge in [0.15, 0.2) is 8.32 Å². The first-order valence-electron chi connectivity index (χ1n) is 11.0. The normalized spacial score (nSPS) is 23.0. The molecule has 29 heavy (non-hydrogen) atoms. The minimum atomic E-state index is -1.76. The van der Waals surface area contributed by atoms with Crippen LogP contribution in [0.3, 0.4) is 0 Å². The van der Waals surface area contributed by atoms with E-state index in [0.717, 1.165) is 25.7 Å². The van der Waals surface area contributed by atoms with E-state index in [1.54, 1.807) is 17.7 Å². The summed E-state index contributed by atoms with van der Waals surface area (Å²) < 4.78 is 15.3. The third-order valence-corrected chi connectivity index (χ3v) is 11.2. The zero-order valence-electron chi connectivity index (χ0n) is 19.6. The van der Waals surface area contributed by atoms with Crippen molar-refractivity contribution in [2.75, 3.05) is 6.61 Å².